The molecule has 4 rings (SSSR count). The van der Waals surface area contributed by atoms with Crippen molar-refractivity contribution < 1.29 is 23.4 Å². The topological polar surface area (TPSA) is 112 Å². The number of carbonyl (C=O) groups is 1. The van der Waals surface area contributed by atoms with Crippen LogP contribution in [0.15, 0.2) is 22.7 Å². The highest BCUT2D eigenvalue weighted by Gasteiger charge is 2.31. The third kappa shape index (κ3) is 4.67. The molecular formula is C21H22BrFN4O4. The Kier molecular flexibility index (Phi) is 6.43. The lowest BCUT2D eigenvalue weighted by atomic mass is 9.93. The first-order valence-corrected chi connectivity index (χ1v) is 10.9. The molecule has 2 N–H and O–H groups in total. The van der Waals surface area contributed by atoms with Gasteiger partial charge in [-0.15, -0.1) is 0 Å². The van der Waals surface area contributed by atoms with Crippen molar-refractivity contribution in [2.24, 2.45) is 5.73 Å². The molecule has 0 spiro atoms. The summed E-state index contributed by atoms with van der Waals surface area (Å²) in [6, 6.07) is 6.26. The first-order chi connectivity index (χ1) is 15.0. The van der Waals surface area contributed by atoms with Gasteiger partial charge >= 0.3 is 6.09 Å². The Morgan fingerprint density at radius 3 is 2.68 bits per heavy atom. The summed E-state index contributed by atoms with van der Waals surface area (Å²) in [5.41, 5.74) is 6.19. The predicted molar refractivity (Wildman–Crippen MR) is 112 cm³/mol. The van der Waals surface area contributed by atoms with E-state index in [1.54, 1.807) is 6.07 Å². The highest BCUT2D eigenvalue weighted by atomic mass is 79.9. The Morgan fingerprint density at radius 1 is 1.29 bits per heavy atom. The minimum Gasteiger partial charge on any atom is -0.471 e. The second-order valence-corrected chi connectivity index (χ2v) is 8.48. The van der Waals surface area contributed by atoms with Crippen molar-refractivity contribution in [3.05, 3.63) is 34.1 Å². The number of ether oxygens (including phenoxy) is 3. The van der Waals surface area contributed by atoms with Gasteiger partial charge in [0.05, 0.1) is 24.8 Å². The van der Waals surface area contributed by atoms with Crippen LogP contribution in [0.3, 0.4) is 0 Å². The third-order valence-corrected chi connectivity index (χ3v) is 6.33. The molecule has 2 aromatic rings. The summed E-state index contributed by atoms with van der Waals surface area (Å²) < 4.78 is 33.5. The van der Waals surface area contributed by atoms with Crippen LogP contribution in [0.25, 0.3) is 11.3 Å². The van der Waals surface area contributed by atoms with Gasteiger partial charge in [-0.05, 0) is 53.7 Å². The smallest absolute Gasteiger partial charge is 0.404 e. The number of aromatic nitrogens is 2. The molecule has 1 atom stereocenters. The molecule has 1 aliphatic carbocycles. The van der Waals surface area contributed by atoms with Crippen molar-refractivity contribution in [2.45, 2.75) is 50.4 Å². The SMILES string of the molecule is N#Cc1ccc(-c2nn(C3CCC(OC(N)=O)CC3)c(O[C@H]3CCOC3)c2Br)cc1F. The van der Waals surface area contributed by atoms with Gasteiger partial charge in [0, 0.05) is 12.0 Å². The van der Waals surface area contributed by atoms with E-state index in [-0.39, 0.29) is 23.8 Å². The van der Waals surface area contributed by atoms with Gasteiger partial charge in [0.1, 0.15) is 34.3 Å². The van der Waals surface area contributed by atoms with Gasteiger partial charge in [-0.1, -0.05) is 6.07 Å². The number of nitrogens with two attached hydrogens (primary N) is 1. The number of hydrogen-bond acceptors (Lipinski definition) is 6. The number of carbonyl (C=O) groups excluding carboxylic acids is 1. The summed E-state index contributed by atoms with van der Waals surface area (Å²) in [6.45, 7) is 1.14. The van der Waals surface area contributed by atoms with E-state index in [1.165, 1.54) is 12.1 Å². The summed E-state index contributed by atoms with van der Waals surface area (Å²) >= 11 is 3.60. The van der Waals surface area contributed by atoms with E-state index in [2.05, 4.69) is 15.9 Å². The summed E-state index contributed by atoms with van der Waals surface area (Å²) in [5, 5.41) is 13.7. The monoisotopic (exact) mass is 492 g/mol. The van der Waals surface area contributed by atoms with E-state index in [0.717, 1.165) is 19.3 Å². The molecule has 2 heterocycles. The van der Waals surface area contributed by atoms with Crippen molar-refractivity contribution in [3.63, 3.8) is 0 Å². The molecule has 1 saturated heterocycles. The highest BCUT2D eigenvalue weighted by Crippen LogP contribution is 2.41. The summed E-state index contributed by atoms with van der Waals surface area (Å²) in [4.78, 5) is 11.0. The van der Waals surface area contributed by atoms with E-state index in [1.807, 2.05) is 10.8 Å². The molecule has 2 aliphatic rings. The minimum atomic E-state index is -0.763. The second-order valence-electron chi connectivity index (χ2n) is 7.69. The van der Waals surface area contributed by atoms with Crippen LogP contribution in [0.4, 0.5) is 9.18 Å². The zero-order valence-corrected chi connectivity index (χ0v) is 18.3. The summed E-state index contributed by atoms with van der Waals surface area (Å²) in [6.07, 6.45) is 2.50. The third-order valence-electron chi connectivity index (χ3n) is 5.61. The van der Waals surface area contributed by atoms with E-state index < -0.39 is 11.9 Å². The van der Waals surface area contributed by atoms with E-state index in [9.17, 15) is 9.18 Å². The van der Waals surface area contributed by atoms with Crippen LogP contribution >= 0.6 is 15.9 Å². The zero-order chi connectivity index (χ0) is 22.0. The molecule has 0 radical (unpaired) electrons. The molecule has 1 amide bonds. The Bertz CT molecular complexity index is 1010. The normalized spacial score (nSPS) is 23.3. The van der Waals surface area contributed by atoms with E-state index >= 15 is 0 Å². The Hall–Kier alpha value is -2.64. The molecule has 0 bridgehead atoms. The molecule has 31 heavy (non-hydrogen) atoms. The van der Waals surface area contributed by atoms with Crippen LogP contribution in [0.2, 0.25) is 0 Å². The maximum absolute atomic E-state index is 14.2. The van der Waals surface area contributed by atoms with Crippen LogP contribution in [-0.2, 0) is 9.47 Å². The number of primary amides is 1. The molecule has 1 aromatic carbocycles. The van der Waals surface area contributed by atoms with Crippen LogP contribution < -0.4 is 10.5 Å². The van der Waals surface area contributed by atoms with Gasteiger partial charge in [0.25, 0.3) is 0 Å². The number of amides is 1. The second kappa shape index (κ2) is 9.24. The van der Waals surface area contributed by atoms with Crippen molar-refractivity contribution >= 4 is 22.0 Å². The van der Waals surface area contributed by atoms with E-state index in [0.29, 0.717) is 47.7 Å². The maximum Gasteiger partial charge on any atom is 0.404 e. The minimum absolute atomic E-state index is 0.0216. The number of rotatable bonds is 5. The van der Waals surface area contributed by atoms with Gasteiger partial charge in [-0.2, -0.15) is 10.4 Å². The van der Waals surface area contributed by atoms with Gasteiger partial charge < -0.3 is 19.9 Å². The highest BCUT2D eigenvalue weighted by molar-refractivity contribution is 9.10. The van der Waals surface area contributed by atoms with E-state index in [4.69, 9.17) is 30.3 Å². The lowest BCUT2D eigenvalue weighted by molar-refractivity contribution is 0.0675. The van der Waals surface area contributed by atoms with Crippen LogP contribution in [0.5, 0.6) is 5.88 Å². The predicted octanol–water partition coefficient (Wildman–Crippen LogP) is 4.07. The first-order valence-electron chi connectivity index (χ1n) is 10.1. The lowest BCUT2D eigenvalue weighted by Gasteiger charge is -2.29. The molecule has 164 valence electrons. The molecule has 10 heteroatoms. The fraction of sp³-hybridized carbons (Fsp3) is 0.476. The number of benzene rings is 1. The van der Waals surface area contributed by atoms with Crippen molar-refractivity contribution in [2.75, 3.05) is 13.2 Å². The summed E-state index contributed by atoms with van der Waals surface area (Å²) in [7, 11) is 0. The number of halogens is 2. The Labute approximate surface area is 187 Å². The fourth-order valence-corrected chi connectivity index (χ4v) is 4.61. The number of nitrogens with zero attached hydrogens (tertiary/aromatic N) is 3. The average molecular weight is 493 g/mol. The van der Waals surface area contributed by atoms with Gasteiger partial charge in [0.2, 0.25) is 5.88 Å². The molecule has 0 unspecified atom stereocenters. The molecular weight excluding hydrogens is 471 g/mol. The quantitative estimate of drug-likeness (QED) is 0.672. The Balaban J connectivity index is 1.65. The van der Waals surface area contributed by atoms with Crippen molar-refractivity contribution in [1.82, 2.24) is 9.78 Å². The maximum atomic E-state index is 14.2. The molecule has 1 aliphatic heterocycles. The average Bonchev–Trinajstić information content (AvgIpc) is 3.37. The largest absolute Gasteiger partial charge is 0.471 e. The van der Waals surface area contributed by atoms with Crippen LogP contribution in [0.1, 0.15) is 43.7 Å². The van der Waals surface area contributed by atoms with Crippen LogP contribution in [-0.4, -0.2) is 41.3 Å². The molecule has 8 nitrogen and oxygen atoms in total. The van der Waals surface area contributed by atoms with Crippen molar-refractivity contribution in [1.29, 1.82) is 5.26 Å². The lowest BCUT2D eigenvalue weighted by Crippen LogP contribution is -2.29. The van der Waals surface area contributed by atoms with Crippen molar-refractivity contribution in [3.8, 4) is 23.2 Å². The first kappa shape index (κ1) is 21.6. The molecule has 1 aromatic heterocycles. The molecule has 1 saturated carbocycles. The van der Waals surface area contributed by atoms with Gasteiger partial charge in [0.15, 0.2) is 0 Å². The zero-order valence-electron chi connectivity index (χ0n) is 16.7. The Morgan fingerprint density at radius 2 is 2.06 bits per heavy atom. The summed E-state index contributed by atoms with van der Waals surface area (Å²) in [5.74, 6) is -0.0354. The fourth-order valence-electron chi connectivity index (χ4n) is 4.03. The van der Waals surface area contributed by atoms with Crippen LogP contribution in [0, 0.1) is 17.1 Å². The number of nitriles is 1. The standard InChI is InChI=1S/C21H22BrFN4O4/c22-18-19(12-1-2-13(10-24)17(23)9-12)26-27(20(18)30-16-7-8-29-11-16)14-3-5-15(6-4-14)31-21(25)28/h1-2,9,14-16H,3-8,11H2,(H2,25,28)/t14?,15?,16-/m0/s1. The number of hydrogen-bond donors (Lipinski definition) is 1. The van der Waals surface area contributed by atoms with Gasteiger partial charge in [-0.3, -0.25) is 0 Å². The van der Waals surface area contributed by atoms with Gasteiger partial charge in [-0.25, -0.2) is 13.9 Å². The molecule has 2 fully saturated rings.